The lowest BCUT2D eigenvalue weighted by Gasteiger charge is -2.37. The van der Waals surface area contributed by atoms with E-state index in [0.29, 0.717) is 51.7 Å². The van der Waals surface area contributed by atoms with Crippen molar-refractivity contribution in [3.63, 3.8) is 0 Å². The number of fused-ring (bicyclic) bond motifs is 6. The summed E-state index contributed by atoms with van der Waals surface area (Å²) in [6.45, 7) is 8.09. The fourth-order valence-electron chi connectivity index (χ4n) is 11.0. The fourth-order valence-corrected chi connectivity index (χ4v) is 11.0. The van der Waals surface area contributed by atoms with Gasteiger partial charge in [-0.05, 0) is 108 Å². The number of imidazole rings is 2. The molecule has 10 rings (SSSR count). The molecule has 5 aromatic rings. The van der Waals surface area contributed by atoms with Crippen LogP contribution in [-0.2, 0) is 25.0 Å². The average Bonchev–Trinajstić information content (AvgIpc) is 3.95. The number of nitrogens with one attached hydrogen (secondary N) is 4. The van der Waals surface area contributed by atoms with Gasteiger partial charge in [0, 0.05) is 29.3 Å². The van der Waals surface area contributed by atoms with E-state index in [9.17, 15) is 19.2 Å². The van der Waals surface area contributed by atoms with E-state index >= 15 is 8.78 Å². The van der Waals surface area contributed by atoms with Crippen molar-refractivity contribution in [1.82, 2.24) is 40.4 Å². The summed E-state index contributed by atoms with van der Waals surface area (Å²) in [6, 6.07) is 13.8. The van der Waals surface area contributed by atoms with Gasteiger partial charge in [0.1, 0.15) is 23.7 Å². The molecule has 6 atom stereocenters. The Morgan fingerprint density at radius 3 is 2.05 bits per heavy atom. The Labute approximate surface area is 375 Å². The molecule has 16 heteroatoms. The quantitative estimate of drug-likeness (QED) is 0.108. The predicted molar refractivity (Wildman–Crippen MR) is 237 cm³/mol. The lowest BCUT2D eigenvalue weighted by atomic mass is 9.95. The minimum Gasteiger partial charge on any atom is -0.453 e. The number of hydrogen-bond donors (Lipinski definition) is 4. The van der Waals surface area contributed by atoms with Gasteiger partial charge in [-0.25, -0.2) is 19.6 Å². The molecule has 2 saturated carbocycles. The summed E-state index contributed by atoms with van der Waals surface area (Å²) in [5, 5.41) is 5.43. The second-order valence-corrected chi connectivity index (χ2v) is 19.4. The first-order chi connectivity index (χ1) is 31.1. The van der Waals surface area contributed by atoms with Crippen LogP contribution in [0.3, 0.4) is 0 Å². The summed E-state index contributed by atoms with van der Waals surface area (Å²) in [5.41, 5.74) is 4.68. The first-order valence-corrected chi connectivity index (χ1v) is 22.6. The number of methoxy groups -OCH3 is 2. The SMILES string of the molecule is COC(=O)N[C@H](C(=O)N1CC2(CC2)C[C@@H]1c1ncc(-c2ccc3c(c2)C(F)(F)c2cc(-c4ccc5nc([C@@H]6[C@H]7CC[C@@H](C7)N6C(=O)[C@H](NC(=O)OC)C(C)C)[nH]c5c4)ccc2-3)[nH]1)C(C)C. The van der Waals surface area contributed by atoms with E-state index in [1.807, 2.05) is 62.9 Å². The van der Waals surface area contributed by atoms with Crippen LogP contribution in [0.15, 0.2) is 60.8 Å². The number of piperidine rings is 1. The predicted octanol–water partition coefficient (Wildman–Crippen LogP) is 8.61. The Morgan fingerprint density at radius 1 is 0.785 bits per heavy atom. The van der Waals surface area contributed by atoms with Gasteiger partial charge >= 0.3 is 12.2 Å². The van der Waals surface area contributed by atoms with E-state index in [0.717, 1.165) is 49.6 Å². The number of likely N-dealkylation sites (tertiary alicyclic amines) is 2. The Kier molecular flexibility index (Phi) is 10.3. The molecule has 2 aliphatic heterocycles. The minimum absolute atomic E-state index is 0.0102. The number of carbonyl (C=O) groups excluding carboxylic acids is 4. The molecule has 4 heterocycles. The molecule has 3 aromatic carbocycles. The number of carbonyl (C=O) groups is 4. The van der Waals surface area contributed by atoms with Crippen LogP contribution in [-0.4, -0.2) is 92.6 Å². The van der Waals surface area contributed by atoms with Crippen molar-refractivity contribution in [1.29, 1.82) is 0 Å². The number of nitrogens with zero attached hydrogens (tertiary/aromatic N) is 4. The normalized spacial score (nSPS) is 22.9. The van der Waals surface area contributed by atoms with Gasteiger partial charge in [-0.15, -0.1) is 0 Å². The van der Waals surface area contributed by atoms with E-state index in [1.165, 1.54) is 20.3 Å². The number of hydrogen-bond acceptors (Lipinski definition) is 8. The van der Waals surface area contributed by atoms with Crippen LogP contribution >= 0.6 is 0 Å². The lowest BCUT2D eigenvalue weighted by molar-refractivity contribution is -0.139. The van der Waals surface area contributed by atoms with E-state index in [-0.39, 0.29) is 64.2 Å². The van der Waals surface area contributed by atoms with Crippen molar-refractivity contribution in [2.24, 2.45) is 23.2 Å². The zero-order valence-electron chi connectivity index (χ0n) is 37.3. The highest BCUT2D eigenvalue weighted by molar-refractivity contribution is 5.89. The maximum atomic E-state index is 16.7. The average molecular weight is 889 g/mol. The van der Waals surface area contributed by atoms with Gasteiger partial charge < -0.3 is 39.9 Å². The number of benzene rings is 3. The standard InChI is InChI=1S/C49H54F2N8O6/c1-24(2)39(56-46(62)64-5)44(60)58-23-48(15-16-48)21-38(58)42-52-22-37(55-42)28-9-13-32-31-12-8-26(18-33(31)49(50,51)34(32)19-28)27-10-14-35-36(20-27)54-43(53-35)41-29-7-11-30(17-29)59(41)45(61)40(25(3)4)57-47(63)65-6/h8-10,12-14,18-20,22,24-25,29-30,38-41H,7,11,15-17,21,23H2,1-6H3,(H,52,55)(H,53,54)(H,56,62)(H,57,63)/t29-,30-,38+,39-,40+,41-/m0/s1. The monoisotopic (exact) mass is 888 g/mol. The summed E-state index contributed by atoms with van der Waals surface area (Å²) < 4.78 is 43.0. The number of rotatable bonds is 10. The smallest absolute Gasteiger partial charge is 0.407 e. The van der Waals surface area contributed by atoms with Gasteiger partial charge in [-0.3, -0.25) is 9.59 Å². The number of halogens is 2. The minimum atomic E-state index is -3.29. The molecule has 1 spiro atoms. The second kappa shape index (κ2) is 15.7. The molecule has 3 aliphatic carbocycles. The molecule has 2 bridgehead atoms. The fraction of sp³-hybridized carbons (Fsp3) is 0.469. The summed E-state index contributed by atoms with van der Waals surface area (Å²) in [4.78, 5) is 72.6. The van der Waals surface area contributed by atoms with Crippen molar-refractivity contribution >= 4 is 35.0 Å². The van der Waals surface area contributed by atoms with Crippen LogP contribution in [0.25, 0.3) is 44.5 Å². The number of H-pyrrole nitrogens is 2. The van der Waals surface area contributed by atoms with Gasteiger partial charge in [0.05, 0.1) is 49.2 Å². The number of aromatic amines is 2. The summed E-state index contributed by atoms with van der Waals surface area (Å²) in [6.07, 6.45) is 5.75. The molecule has 5 aliphatic rings. The van der Waals surface area contributed by atoms with Crippen LogP contribution in [0.2, 0.25) is 0 Å². The van der Waals surface area contributed by atoms with Crippen LogP contribution in [0.1, 0.15) is 101 Å². The molecule has 2 saturated heterocycles. The van der Waals surface area contributed by atoms with Gasteiger partial charge in [-0.1, -0.05) is 58.0 Å². The molecule has 4 fully saturated rings. The van der Waals surface area contributed by atoms with Crippen LogP contribution in [0.4, 0.5) is 18.4 Å². The Bertz CT molecular complexity index is 2740. The maximum absolute atomic E-state index is 16.7. The molecule has 4 N–H and O–H groups in total. The third-order valence-corrected chi connectivity index (χ3v) is 14.7. The third-order valence-electron chi connectivity index (χ3n) is 14.7. The number of alkyl halides is 2. The highest BCUT2D eigenvalue weighted by Crippen LogP contribution is 2.59. The molecular weight excluding hydrogens is 835 g/mol. The molecule has 0 radical (unpaired) electrons. The van der Waals surface area contributed by atoms with Gasteiger partial charge in [0.25, 0.3) is 5.92 Å². The van der Waals surface area contributed by atoms with Crippen LogP contribution in [0.5, 0.6) is 0 Å². The third kappa shape index (κ3) is 7.19. The number of amides is 4. The van der Waals surface area contributed by atoms with Crippen molar-refractivity contribution in [2.75, 3.05) is 20.8 Å². The molecule has 65 heavy (non-hydrogen) atoms. The van der Waals surface area contributed by atoms with E-state index < -0.39 is 30.2 Å². The van der Waals surface area contributed by atoms with E-state index in [2.05, 4.69) is 20.6 Å². The maximum Gasteiger partial charge on any atom is 0.407 e. The zero-order chi connectivity index (χ0) is 45.7. The largest absolute Gasteiger partial charge is 0.453 e. The first-order valence-electron chi connectivity index (χ1n) is 22.6. The molecule has 340 valence electrons. The number of aromatic nitrogens is 4. The van der Waals surface area contributed by atoms with Crippen LogP contribution < -0.4 is 10.6 Å². The summed E-state index contributed by atoms with van der Waals surface area (Å²) >= 11 is 0. The van der Waals surface area contributed by atoms with Gasteiger partial charge in [-0.2, -0.15) is 8.78 Å². The summed E-state index contributed by atoms with van der Waals surface area (Å²) in [5.74, 6) is -2.53. The molecule has 2 aromatic heterocycles. The topological polar surface area (TPSA) is 175 Å². The van der Waals surface area contributed by atoms with Crippen molar-refractivity contribution in [2.45, 2.75) is 102 Å². The molecule has 0 unspecified atom stereocenters. The Hall–Kier alpha value is -6.32. The highest BCUT2D eigenvalue weighted by Gasteiger charge is 2.56. The lowest BCUT2D eigenvalue weighted by Crippen LogP contribution is -2.54. The first kappa shape index (κ1) is 42.6. The van der Waals surface area contributed by atoms with E-state index in [1.54, 1.807) is 29.3 Å². The van der Waals surface area contributed by atoms with Crippen molar-refractivity contribution < 1.29 is 37.4 Å². The molecular formula is C49H54F2N8O6. The summed E-state index contributed by atoms with van der Waals surface area (Å²) in [7, 11) is 2.54. The molecule has 14 nitrogen and oxygen atoms in total. The highest BCUT2D eigenvalue weighted by atomic mass is 19.3. The Balaban J connectivity index is 0.896. The van der Waals surface area contributed by atoms with Gasteiger partial charge in [0.15, 0.2) is 0 Å². The number of ether oxygens (including phenoxy) is 2. The van der Waals surface area contributed by atoms with Gasteiger partial charge in [0.2, 0.25) is 11.8 Å². The zero-order valence-corrected chi connectivity index (χ0v) is 37.3. The van der Waals surface area contributed by atoms with Crippen LogP contribution in [0, 0.1) is 23.2 Å². The Morgan fingerprint density at radius 2 is 1.40 bits per heavy atom. The second-order valence-electron chi connectivity index (χ2n) is 19.4. The molecule has 4 amide bonds. The van der Waals surface area contributed by atoms with Crippen molar-refractivity contribution in [3.05, 3.63) is 83.6 Å². The van der Waals surface area contributed by atoms with E-state index in [4.69, 9.17) is 19.4 Å². The van der Waals surface area contributed by atoms with Crippen molar-refractivity contribution in [3.8, 4) is 33.5 Å². The number of alkyl carbamates (subject to hydrolysis) is 2.